The average Bonchev–Trinajstić information content (AvgIpc) is 3.19. The number of allylic oxidation sites excluding steroid dienone is 1. The highest BCUT2D eigenvalue weighted by Gasteiger charge is 2.69. The highest BCUT2D eigenvalue weighted by Crippen LogP contribution is 2.69. The fraction of sp³-hybridized carbons (Fsp3) is 0.895. The van der Waals surface area contributed by atoms with E-state index in [0.717, 1.165) is 51.0 Å². The maximum absolute atomic E-state index is 12.8. The van der Waals surface area contributed by atoms with Crippen molar-refractivity contribution in [2.75, 3.05) is 0 Å². The first-order valence-corrected chi connectivity index (χ1v) is 9.48. The Morgan fingerprint density at radius 2 is 1.56 bits per heavy atom. The van der Waals surface area contributed by atoms with Crippen molar-refractivity contribution < 1.29 is 36.6 Å². The molecular formula is C19H26F6O2. The number of rotatable bonds is 4. The third-order valence-corrected chi connectivity index (χ3v) is 7.47. The van der Waals surface area contributed by atoms with Gasteiger partial charge in [0.25, 0.3) is 5.60 Å². The molecule has 3 aliphatic rings. The zero-order chi connectivity index (χ0) is 20.3. The Kier molecular flexibility index (Phi) is 4.95. The van der Waals surface area contributed by atoms with Gasteiger partial charge >= 0.3 is 12.4 Å². The molecule has 2 N–H and O–H groups in total. The number of hydrogen-bond donors (Lipinski definition) is 2. The molecule has 0 amide bonds. The van der Waals surface area contributed by atoms with Gasteiger partial charge in [-0.15, -0.1) is 0 Å². The van der Waals surface area contributed by atoms with Gasteiger partial charge < -0.3 is 10.2 Å². The summed E-state index contributed by atoms with van der Waals surface area (Å²) in [7, 11) is 0. The van der Waals surface area contributed by atoms with Gasteiger partial charge in [0.1, 0.15) is 0 Å². The van der Waals surface area contributed by atoms with Crippen LogP contribution in [0.3, 0.4) is 0 Å². The Bertz CT molecular complexity index is 578. The lowest BCUT2D eigenvalue weighted by Gasteiger charge is -2.46. The molecule has 0 aliphatic heterocycles. The summed E-state index contributed by atoms with van der Waals surface area (Å²) in [6.07, 6.45) is -5.41. The minimum absolute atomic E-state index is 0.0878. The molecule has 156 valence electrons. The van der Waals surface area contributed by atoms with E-state index in [-0.39, 0.29) is 41.3 Å². The van der Waals surface area contributed by atoms with Crippen molar-refractivity contribution in [3.63, 3.8) is 0 Å². The molecule has 0 aromatic carbocycles. The molecule has 3 fully saturated rings. The lowest BCUT2D eigenvalue weighted by molar-refractivity contribution is -0.347. The molecular weight excluding hydrogens is 374 g/mol. The largest absolute Gasteiger partial charge is 0.429 e. The first kappa shape index (κ1) is 21.0. The predicted octanol–water partition coefficient (Wildman–Crippen LogP) is 5.15. The van der Waals surface area contributed by atoms with Crippen LogP contribution in [-0.4, -0.2) is 34.3 Å². The second-order valence-corrected chi connectivity index (χ2v) is 8.93. The molecule has 2 nitrogen and oxygen atoms in total. The highest BCUT2D eigenvalue weighted by atomic mass is 19.4. The zero-order valence-corrected chi connectivity index (χ0v) is 15.2. The fourth-order valence-electron chi connectivity index (χ4n) is 5.82. The van der Waals surface area contributed by atoms with Gasteiger partial charge in [0.2, 0.25) is 0 Å². The van der Waals surface area contributed by atoms with Crippen molar-refractivity contribution in [1.82, 2.24) is 0 Å². The van der Waals surface area contributed by atoms with Crippen LogP contribution < -0.4 is 0 Å². The van der Waals surface area contributed by atoms with Crippen LogP contribution in [0.4, 0.5) is 26.3 Å². The smallest absolute Gasteiger partial charge is 0.393 e. The van der Waals surface area contributed by atoms with E-state index < -0.39 is 18.0 Å². The molecule has 0 aromatic rings. The maximum Gasteiger partial charge on any atom is 0.429 e. The second-order valence-electron chi connectivity index (χ2n) is 8.93. The van der Waals surface area contributed by atoms with E-state index in [1.54, 1.807) is 0 Å². The van der Waals surface area contributed by atoms with E-state index in [1.165, 1.54) is 0 Å². The quantitative estimate of drug-likeness (QED) is 0.506. The van der Waals surface area contributed by atoms with Crippen LogP contribution in [0, 0.1) is 22.7 Å². The lowest BCUT2D eigenvalue weighted by Crippen LogP contribution is -2.55. The summed E-state index contributed by atoms with van der Waals surface area (Å²) < 4.78 is 76.9. The fourth-order valence-corrected chi connectivity index (χ4v) is 5.82. The normalized spacial score (nSPS) is 36.9. The standard InChI is InChI=1S/C19H26F6O2/c1-15-7-2-4-13(26)12(15)5-6-14(15)16(10-11-16)8-3-9-17(27,18(20,21)22)19(23,24)25/h3,9,12-14,26-27H,2,4-8,10-11H2,1H3. The topological polar surface area (TPSA) is 40.5 Å². The first-order valence-electron chi connectivity index (χ1n) is 9.48. The van der Waals surface area contributed by atoms with Gasteiger partial charge in [0.15, 0.2) is 0 Å². The van der Waals surface area contributed by atoms with Crippen LogP contribution in [-0.2, 0) is 0 Å². The molecule has 0 bridgehead atoms. The van der Waals surface area contributed by atoms with Crippen molar-refractivity contribution >= 4 is 0 Å². The molecule has 0 saturated heterocycles. The van der Waals surface area contributed by atoms with E-state index >= 15 is 0 Å². The number of hydrogen-bond acceptors (Lipinski definition) is 2. The second kappa shape index (κ2) is 6.37. The van der Waals surface area contributed by atoms with Crippen LogP contribution in [0.2, 0.25) is 0 Å². The number of halogens is 6. The van der Waals surface area contributed by atoms with E-state index in [9.17, 15) is 36.6 Å². The van der Waals surface area contributed by atoms with Gasteiger partial charge in [-0.25, -0.2) is 0 Å². The van der Waals surface area contributed by atoms with Crippen molar-refractivity contribution in [3.8, 4) is 0 Å². The SMILES string of the molecule is CC12CCCC(O)C1CCC2C1(CC=CC(O)(C(F)(F)F)C(F)(F)F)CC1. The monoisotopic (exact) mass is 400 g/mol. The third-order valence-electron chi connectivity index (χ3n) is 7.47. The number of aliphatic hydroxyl groups is 2. The van der Waals surface area contributed by atoms with E-state index in [0.29, 0.717) is 0 Å². The van der Waals surface area contributed by atoms with Crippen LogP contribution in [0.5, 0.6) is 0 Å². The first-order chi connectivity index (χ1) is 12.3. The van der Waals surface area contributed by atoms with Crippen LogP contribution >= 0.6 is 0 Å². The van der Waals surface area contributed by atoms with Crippen molar-refractivity contribution in [2.24, 2.45) is 22.7 Å². The summed E-state index contributed by atoms with van der Waals surface area (Å²) >= 11 is 0. The summed E-state index contributed by atoms with van der Waals surface area (Å²) in [6.45, 7) is 2.11. The minimum atomic E-state index is -5.82. The van der Waals surface area contributed by atoms with E-state index in [4.69, 9.17) is 0 Å². The Labute approximate surface area is 154 Å². The molecule has 27 heavy (non-hydrogen) atoms. The molecule has 4 unspecified atom stereocenters. The van der Waals surface area contributed by atoms with Crippen molar-refractivity contribution in [2.45, 2.75) is 82.3 Å². The molecule has 3 aliphatic carbocycles. The Balaban J connectivity index is 1.77. The Morgan fingerprint density at radius 1 is 0.963 bits per heavy atom. The van der Waals surface area contributed by atoms with Gasteiger partial charge in [0.05, 0.1) is 6.10 Å². The number of alkyl halides is 6. The number of aliphatic hydroxyl groups excluding tert-OH is 1. The van der Waals surface area contributed by atoms with Crippen molar-refractivity contribution in [3.05, 3.63) is 12.2 Å². The molecule has 0 radical (unpaired) electrons. The van der Waals surface area contributed by atoms with Crippen LogP contribution in [0.15, 0.2) is 12.2 Å². The Morgan fingerprint density at radius 3 is 2.07 bits per heavy atom. The summed E-state index contributed by atoms with van der Waals surface area (Å²) in [5, 5.41) is 19.6. The maximum atomic E-state index is 12.8. The van der Waals surface area contributed by atoms with E-state index in [1.807, 2.05) is 0 Å². The number of fused-ring (bicyclic) bond motifs is 1. The zero-order valence-electron chi connectivity index (χ0n) is 15.2. The van der Waals surface area contributed by atoms with Crippen molar-refractivity contribution in [1.29, 1.82) is 0 Å². The van der Waals surface area contributed by atoms with Crippen LogP contribution in [0.25, 0.3) is 0 Å². The molecule has 4 atom stereocenters. The van der Waals surface area contributed by atoms with Crippen LogP contribution in [0.1, 0.15) is 58.3 Å². The summed E-state index contributed by atoms with van der Waals surface area (Å²) in [5.41, 5.74) is -5.25. The minimum Gasteiger partial charge on any atom is -0.393 e. The van der Waals surface area contributed by atoms with Gasteiger partial charge in [0, 0.05) is 0 Å². The van der Waals surface area contributed by atoms with Gasteiger partial charge in [-0.3, -0.25) is 0 Å². The van der Waals surface area contributed by atoms with Gasteiger partial charge in [-0.2, -0.15) is 26.3 Å². The third kappa shape index (κ3) is 3.30. The lowest BCUT2D eigenvalue weighted by atomic mass is 9.60. The Hall–Kier alpha value is -0.760. The summed E-state index contributed by atoms with van der Waals surface area (Å²) in [6, 6.07) is 0. The summed E-state index contributed by atoms with van der Waals surface area (Å²) in [5.74, 6) is 0.333. The molecule has 8 heteroatoms. The molecule has 3 saturated carbocycles. The average molecular weight is 400 g/mol. The molecule has 3 rings (SSSR count). The molecule has 0 heterocycles. The predicted molar refractivity (Wildman–Crippen MR) is 86.7 cm³/mol. The molecule has 0 aromatic heterocycles. The van der Waals surface area contributed by atoms with Gasteiger partial charge in [-0.1, -0.05) is 19.4 Å². The summed E-state index contributed by atoms with van der Waals surface area (Å²) in [4.78, 5) is 0. The molecule has 0 spiro atoms. The highest BCUT2D eigenvalue weighted by molar-refractivity contribution is 5.16. The van der Waals surface area contributed by atoms with Gasteiger partial charge in [-0.05, 0) is 73.7 Å². The van der Waals surface area contributed by atoms with E-state index in [2.05, 4.69) is 6.92 Å².